The minimum Gasteiger partial charge on any atom is -0.383 e. The Labute approximate surface area is 274 Å². The molecule has 4 heterocycles. The molecule has 0 bridgehead atoms. The number of nitrogens with one attached hydrogen (secondary N) is 4. The summed E-state index contributed by atoms with van der Waals surface area (Å²) >= 11 is 0. The van der Waals surface area contributed by atoms with Gasteiger partial charge in [0.15, 0.2) is 0 Å². The third-order valence-electron chi connectivity index (χ3n) is 8.46. The van der Waals surface area contributed by atoms with Crippen LogP contribution in [0.2, 0.25) is 0 Å². The van der Waals surface area contributed by atoms with Crippen LogP contribution in [0.25, 0.3) is 27.9 Å². The van der Waals surface area contributed by atoms with E-state index >= 15 is 0 Å². The van der Waals surface area contributed by atoms with E-state index in [1.165, 1.54) is 30.4 Å². The first kappa shape index (κ1) is 34.5. The van der Waals surface area contributed by atoms with Gasteiger partial charge in [-0.25, -0.2) is 9.97 Å². The van der Waals surface area contributed by atoms with Crippen molar-refractivity contribution < 1.29 is 4.74 Å². The van der Waals surface area contributed by atoms with Crippen molar-refractivity contribution in [3.63, 3.8) is 0 Å². The molecule has 0 saturated carbocycles. The molecule has 46 heavy (non-hydrogen) atoms. The molecule has 3 aliphatic rings. The van der Waals surface area contributed by atoms with Crippen LogP contribution in [-0.2, 0) is 24.0 Å². The van der Waals surface area contributed by atoms with Crippen molar-refractivity contribution in [2.45, 2.75) is 65.5 Å². The summed E-state index contributed by atoms with van der Waals surface area (Å²) in [6, 6.07) is 8.61. The van der Waals surface area contributed by atoms with Crippen molar-refractivity contribution in [1.82, 2.24) is 30.8 Å². The van der Waals surface area contributed by atoms with Crippen molar-refractivity contribution in [2.75, 3.05) is 45.1 Å². The summed E-state index contributed by atoms with van der Waals surface area (Å²) in [5.41, 5.74) is 16.4. The summed E-state index contributed by atoms with van der Waals surface area (Å²) in [6.07, 6.45) is 10.2. The normalized spacial score (nSPS) is 17.2. The Hall–Kier alpha value is -4.39. The maximum atomic E-state index is 6.49. The zero-order valence-corrected chi connectivity index (χ0v) is 27.8. The van der Waals surface area contributed by atoms with Crippen LogP contribution in [0.4, 0.5) is 5.82 Å². The fourth-order valence-corrected chi connectivity index (χ4v) is 6.13. The Balaban J connectivity index is 0.00000116. The number of nitrogen functional groups attached to an aromatic ring is 1. The molecule has 0 radical (unpaired) electrons. The minimum absolute atomic E-state index is 0.168. The van der Waals surface area contributed by atoms with Gasteiger partial charge in [-0.2, -0.15) is 0 Å². The number of morpholine rings is 1. The Morgan fingerprint density at radius 3 is 2.50 bits per heavy atom. The average Bonchev–Trinajstić information content (AvgIpc) is 3.37. The monoisotopic (exact) mass is 622 g/mol. The number of rotatable bonds is 7. The topological polar surface area (TPSA) is 124 Å². The SMILES string of the molecule is C=C(NCC1NC=C(C)N1)c1ccc(-c2nc3cnc(N)c(CC#CCN4CCOCC4)c3c3c2CCCCC3)cc1.C=N.CC. The summed E-state index contributed by atoms with van der Waals surface area (Å²) in [4.78, 5) is 12.1. The number of pyridine rings is 2. The fourth-order valence-electron chi connectivity index (χ4n) is 6.13. The van der Waals surface area contributed by atoms with Crippen LogP contribution < -0.4 is 21.7 Å². The van der Waals surface area contributed by atoms with E-state index in [4.69, 9.17) is 20.9 Å². The predicted molar refractivity (Wildman–Crippen MR) is 191 cm³/mol. The third kappa shape index (κ3) is 8.45. The van der Waals surface area contributed by atoms with E-state index in [1.54, 1.807) is 0 Å². The number of aromatic nitrogens is 2. The number of anilines is 1. The lowest BCUT2D eigenvalue weighted by atomic mass is 9.91. The molecular formula is C37H50N8O. The number of fused-ring (bicyclic) bond motifs is 3. The Morgan fingerprint density at radius 2 is 1.80 bits per heavy atom. The van der Waals surface area contributed by atoms with Gasteiger partial charge < -0.3 is 31.8 Å². The Morgan fingerprint density at radius 1 is 1.09 bits per heavy atom. The van der Waals surface area contributed by atoms with Gasteiger partial charge in [0.05, 0.1) is 43.7 Å². The molecule has 1 fully saturated rings. The van der Waals surface area contributed by atoms with Gasteiger partial charge in [0, 0.05) is 53.6 Å². The maximum absolute atomic E-state index is 6.49. The average molecular weight is 623 g/mol. The standard InChI is InChI=1S/C34H41N7O.C2H6.CH3N/c1-23-20-37-31(39-23)22-36-24(2)25-11-13-26(14-12-25)33-28-9-5-3-4-8-27(28)32-29(34(35)38-21-30(32)40-33)10-6-7-15-41-16-18-42-19-17-41;2*1-2/h11-14,20-21,31,36-37,39H,2-5,8-10,15-19,22H2,1H3,(H2,35,38);1-2H3;2H,1H2. The maximum Gasteiger partial charge on any atom is 0.128 e. The van der Waals surface area contributed by atoms with Crippen LogP contribution in [0.15, 0.2) is 48.9 Å². The molecule has 1 aromatic carbocycles. The predicted octanol–water partition coefficient (Wildman–Crippen LogP) is 5.26. The van der Waals surface area contributed by atoms with Gasteiger partial charge in [0.2, 0.25) is 0 Å². The molecule has 6 N–H and O–H groups in total. The van der Waals surface area contributed by atoms with Crippen molar-refractivity contribution in [3.8, 4) is 23.1 Å². The number of nitrogens with zero attached hydrogens (tertiary/aromatic N) is 3. The highest BCUT2D eigenvalue weighted by molar-refractivity contribution is 5.92. The molecule has 0 amide bonds. The quantitative estimate of drug-likeness (QED) is 0.137. The summed E-state index contributed by atoms with van der Waals surface area (Å²) in [5, 5.41) is 16.8. The van der Waals surface area contributed by atoms with Crippen molar-refractivity contribution in [1.29, 1.82) is 5.41 Å². The van der Waals surface area contributed by atoms with Gasteiger partial charge in [-0.15, -0.1) is 0 Å². The number of allylic oxidation sites excluding steroid dienone is 1. The summed E-state index contributed by atoms with van der Waals surface area (Å²) in [6.45, 7) is 17.7. The number of aryl methyl sites for hydroxylation is 1. The van der Waals surface area contributed by atoms with Crippen LogP contribution in [-0.4, -0.2) is 67.1 Å². The Kier molecular flexibility index (Phi) is 13.0. The van der Waals surface area contributed by atoms with Gasteiger partial charge in [-0.3, -0.25) is 4.90 Å². The summed E-state index contributed by atoms with van der Waals surface area (Å²) in [7, 11) is 0. The highest BCUT2D eigenvalue weighted by Crippen LogP contribution is 2.37. The lowest BCUT2D eigenvalue weighted by Gasteiger charge is -2.24. The summed E-state index contributed by atoms with van der Waals surface area (Å²) in [5.74, 6) is 7.32. The third-order valence-corrected chi connectivity index (χ3v) is 8.46. The summed E-state index contributed by atoms with van der Waals surface area (Å²) < 4.78 is 5.46. The highest BCUT2D eigenvalue weighted by atomic mass is 16.5. The smallest absolute Gasteiger partial charge is 0.128 e. The van der Waals surface area contributed by atoms with Gasteiger partial charge >= 0.3 is 0 Å². The van der Waals surface area contributed by atoms with Crippen molar-refractivity contribution >= 4 is 29.1 Å². The van der Waals surface area contributed by atoms with Gasteiger partial charge in [-0.05, 0) is 56.0 Å². The van der Waals surface area contributed by atoms with E-state index in [-0.39, 0.29) is 6.17 Å². The van der Waals surface area contributed by atoms with Gasteiger partial charge in [-0.1, -0.05) is 63.0 Å². The lowest BCUT2D eigenvalue weighted by molar-refractivity contribution is 0.0443. The molecule has 9 heteroatoms. The van der Waals surface area contributed by atoms with E-state index < -0.39 is 0 Å². The number of hydrogen-bond donors (Lipinski definition) is 5. The molecule has 2 aliphatic heterocycles. The van der Waals surface area contributed by atoms with Crippen LogP contribution in [0, 0.1) is 17.3 Å². The lowest BCUT2D eigenvalue weighted by Crippen LogP contribution is -2.40. The highest BCUT2D eigenvalue weighted by Gasteiger charge is 2.22. The molecule has 2 aromatic heterocycles. The first-order valence-electron chi connectivity index (χ1n) is 16.5. The van der Waals surface area contributed by atoms with Gasteiger partial charge in [0.1, 0.15) is 12.0 Å². The molecule has 1 unspecified atom stereocenters. The minimum atomic E-state index is 0.168. The first-order chi connectivity index (χ1) is 22.6. The Bertz CT molecular complexity index is 1560. The molecule has 3 aromatic rings. The largest absolute Gasteiger partial charge is 0.383 e. The molecule has 1 aliphatic carbocycles. The molecule has 1 saturated heterocycles. The van der Waals surface area contributed by atoms with Crippen molar-refractivity contribution in [3.05, 3.63) is 71.2 Å². The number of ether oxygens (including phenoxy) is 1. The molecule has 244 valence electrons. The van der Waals surface area contributed by atoms with E-state index in [0.717, 1.165) is 96.9 Å². The molecule has 0 spiro atoms. The number of nitrogens with two attached hydrogens (primary N) is 1. The van der Waals surface area contributed by atoms with Crippen LogP contribution in [0.3, 0.4) is 0 Å². The van der Waals surface area contributed by atoms with E-state index in [2.05, 4.69) is 82.2 Å². The van der Waals surface area contributed by atoms with E-state index in [9.17, 15) is 0 Å². The fraction of sp³-hybridized carbons (Fsp3) is 0.432. The molecular weight excluding hydrogens is 572 g/mol. The number of hydrogen-bond acceptors (Lipinski definition) is 9. The number of benzene rings is 1. The molecule has 6 rings (SSSR count). The van der Waals surface area contributed by atoms with Crippen LogP contribution in [0.5, 0.6) is 0 Å². The van der Waals surface area contributed by atoms with E-state index in [1.807, 2.05) is 26.2 Å². The second-order valence-corrected chi connectivity index (χ2v) is 11.4. The molecule has 1 atom stereocenters. The zero-order chi connectivity index (χ0) is 32.9. The second kappa shape index (κ2) is 17.3. The molecule has 9 nitrogen and oxygen atoms in total. The van der Waals surface area contributed by atoms with Crippen LogP contribution in [0.1, 0.15) is 62.3 Å². The zero-order valence-electron chi connectivity index (χ0n) is 27.8. The van der Waals surface area contributed by atoms with Gasteiger partial charge in [0.25, 0.3) is 0 Å². The first-order valence-corrected chi connectivity index (χ1v) is 16.5. The van der Waals surface area contributed by atoms with E-state index in [0.29, 0.717) is 12.2 Å². The second-order valence-electron chi connectivity index (χ2n) is 11.4. The van der Waals surface area contributed by atoms with Crippen molar-refractivity contribution in [2.24, 2.45) is 0 Å². The van der Waals surface area contributed by atoms with Crippen LogP contribution >= 0.6 is 0 Å².